The van der Waals surface area contributed by atoms with Crippen molar-refractivity contribution in [1.82, 2.24) is 20.4 Å². The lowest BCUT2D eigenvalue weighted by molar-refractivity contribution is 0.0230. The smallest absolute Gasteiger partial charge is 0.410 e. The Kier molecular flexibility index (Phi) is 10.5. The van der Waals surface area contributed by atoms with Crippen LogP contribution in [0, 0.1) is 0 Å². The highest BCUT2D eigenvalue weighted by Crippen LogP contribution is 2.32. The van der Waals surface area contributed by atoms with Gasteiger partial charge in [0.2, 0.25) is 0 Å². The van der Waals surface area contributed by atoms with Crippen LogP contribution in [0.3, 0.4) is 0 Å². The van der Waals surface area contributed by atoms with E-state index >= 15 is 0 Å². The predicted molar refractivity (Wildman–Crippen MR) is 130 cm³/mol. The first-order valence-electron chi connectivity index (χ1n) is 10.8. The number of fused-ring (bicyclic) bond motifs is 2. The van der Waals surface area contributed by atoms with Gasteiger partial charge in [0.1, 0.15) is 5.60 Å². The van der Waals surface area contributed by atoms with E-state index in [1.54, 1.807) is 11.9 Å². The normalized spacial score (nSPS) is 26.2. The van der Waals surface area contributed by atoms with Gasteiger partial charge >= 0.3 is 6.09 Å². The van der Waals surface area contributed by atoms with Crippen molar-refractivity contribution in [3.8, 4) is 0 Å². The van der Waals surface area contributed by atoms with E-state index in [0.29, 0.717) is 18.1 Å². The molecule has 2 rings (SSSR count). The summed E-state index contributed by atoms with van der Waals surface area (Å²) in [6, 6.07) is 1.97. The van der Waals surface area contributed by atoms with Gasteiger partial charge in [-0.1, -0.05) is 6.42 Å². The molecule has 8 heteroatoms. The molecule has 0 aromatic carbocycles. The average molecular weight is 524 g/mol. The lowest BCUT2D eigenvalue weighted by Gasteiger charge is -2.47. The molecule has 29 heavy (non-hydrogen) atoms. The van der Waals surface area contributed by atoms with Crippen molar-refractivity contribution in [2.24, 2.45) is 4.99 Å². The molecule has 3 atom stereocenters. The number of nitrogens with one attached hydrogen (secondary N) is 2. The van der Waals surface area contributed by atoms with Gasteiger partial charge in [0.25, 0.3) is 0 Å². The third-order valence-electron chi connectivity index (χ3n) is 6.10. The van der Waals surface area contributed by atoms with E-state index in [2.05, 4.69) is 27.6 Å². The highest BCUT2D eigenvalue weighted by atomic mass is 127. The Bertz CT molecular complexity index is 538. The van der Waals surface area contributed by atoms with Crippen molar-refractivity contribution >= 4 is 36.0 Å². The lowest BCUT2D eigenvalue weighted by Crippen LogP contribution is -2.56. The Hall–Kier alpha value is -0.770. The fourth-order valence-electron chi connectivity index (χ4n) is 4.23. The summed E-state index contributed by atoms with van der Waals surface area (Å²) < 4.78 is 5.44. The summed E-state index contributed by atoms with van der Waals surface area (Å²) in [7, 11) is 5.89. The number of piperidine rings is 2. The van der Waals surface area contributed by atoms with E-state index in [-0.39, 0.29) is 36.1 Å². The van der Waals surface area contributed by atoms with Gasteiger partial charge < -0.3 is 25.2 Å². The summed E-state index contributed by atoms with van der Waals surface area (Å²) in [5.41, 5.74) is -0.471. The number of hydrogen-bond donors (Lipinski definition) is 2. The standard InChI is InChI=1S/C21H41N5O2.HI/c1-15(25(6)20(27)28-21(2,3)4)11-12-23-19(22-5)24-16-13-17-9-8-10-18(14-16)26(17)7;/h15-18H,8-14H2,1-7H3,(H2,22,23,24);1H. The Morgan fingerprint density at radius 1 is 1.28 bits per heavy atom. The second-order valence-electron chi connectivity index (χ2n) is 9.44. The monoisotopic (exact) mass is 523 g/mol. The Morgan fingerprint density at radius 3 is 2.38 bits per heavy atom. The number of carbonyl (C=O) groups is 1. The van der Waals surface area contributed by atoms with Gasteiger partial charge in [0.05, 0.1) is 0 Å². The van der Waals surface area contributed by atoms with Gasteiger partial charge in [-0.25, -0.2) is 4.79 Å². The Morgan fingerprint density at radius 2 is 1.86 bits per heavy atom. The minimum Gasteiger partial charge on any atom is -0.444 e. The van der Waals surface area contributed by atoms with Crippen LogP contribution in [0.25, 0.3) is 0 Å². The molecule has 1 amide bonds. The number of hydrogen-bond acceptors (Lipinski definition) is 4. The number of halogens is 1. The molecular weight excluding hydrogens is 481 g/mol. The number of ether oxygens (including phenoxy) is 1. The summed E-state index contributed by atoms with van der Waals surface area (Å²) in [4.78, 5) is 20.8. The van der Waals surface area contributed by atoms with Crippen LogP contribution in [-0.4, -0.2) is 79.3 Å². The Labute approximate surface area is 194 Å². The predicted octanol–water partition coefficient (Wildman–Crippen LogP) is 3.43. The molecule has 2 aliphatic rings. The first-order chi connectivity index (χ1) is 13.1. The zero-order valence-electron chi connectivity index (χ0n) is 19.3. The number of rotatable bonds is 5. The molecule has 3 unspecified atom stereocenters. The molecule has 2 N–H and O–H groups in total. The Balaban J connectivity index is 0.00000420. The molecule has 2 fully saturated rings. The van der Waals surface area contributed by atoms with E-state index in [4.69, 9.17) is 4.74 Å². The molecule has 170 valence electrons. The zero-order valence-corrected chi connectivity index (χ0v) is 21.7. The van der Waals surface area contributed by atoms with E-state index in [0.717, 1.165) is 18.9 Å². The van der Waals surface area contributed by atoms with Gasteiger partial charge in [0, 0.05) is 44.8 Å². The topological polar surface area (TPSA) is 69.2 Å². The fraction of sp³-hybridized carbons (Fsp3) is 0.905. The molecule has 2 bridgehead atoms. The van der Waals surface area contributed by atoms with Crippen LogP contribution in [0.2, 0.25) is 0 Å². The number of carbonyl (C=O) groups excluding carboxylic acids is 1. The lowest BCUT2D eigenvalue weighted by atomic mass is 9.82. The molecule has 0 radical (unpaired) electrons. The van der Waals surface area contributed by atoms with Crippen molar-refractivity contribution in [2.45, 2.75) is 96.0 Å². The molecule has 2 aliphatic heterocycles. The van der Waals surface area contributed by atoms with Crippen LogP contribution in [0.1, 0.15) is 66.2 Å². The minimum atomic E-state index is -0.471. The van der Waals surface area contributed by atoms with Crippen LogP contribution in [0.4, 0.5) is 4.79 Å². The highest BCUT2D eigenvalue weighted by molar-refractivity contribution is 14.0. The van der Waals surface area contributed by atoms with E-state index in [1.165, 1.54) is 32.1 Å². The maximum atomic E-state index is 12.2. The van der Waals surface area contributed by atoms with E-state index < -0.39 is 5.60 Å². The third kappa shape index (κ3) is 8.11. The van der Waals surface area contributed by atoms with Crippen LogP contribution >= 0.6 is 24.0 Å². The van der Waals surface area contributed by atoms with Gasteiger partial charge in [-0.2, -0.15) is 0 Å². The summed E-state index contributed by atoms with van der Waals surface area (Å²) in [5.74, 6) is 0.861. The first-order valence-corrected chi connectivity index (χ1v) is 10.8. The first kappa shape index (κ1) is 26.3. The summed E-state index contributed by atoms with van der Waals surface area (Å²) in [6.45, 7) is 8.46. The van der Waals surface area contributed by atoms with Crippen LogP contribution < -0.4 is 10.6 Å². The van der Waals surface area contributed by atoms with Gasteiger partial charge in [-0.15, -0.1) is 24.0 Å². The average Bonchev–Trinajstić information content (AvgIpc) is 2.59. The SMILES string of the molecule is CN=C(NCCC(C)N(C)C(=O)OC(C)(C)C)NC1CC2CCCC(C1)N2C.I. The molecule has 7 nitrogen and oxygen atoms in total. The van der Waals surface area contributed by atoms with Crippen molar-refractivity contribution in [1.29, 1.82) is 0 Å². The molecule has 0 aromatic rings. The zero-order chi connectivity index (χ0) is 20.9. The summed E-state index contributed by atoms with van der Waals surface area (Å²) in [6.07, 6.45) is 6.91. The second-order valence-corrected chi connectivity index (χ2v) is 9.44. The third-order valence-corrected chi connectivity index (χ3v) is 6.10. The van der Waals surface area contributed by atoms with Crippen molar-refractivity contribution in [3.05, 3.63) is 0 Å². The molecule has 0 aromatic heterocycles. The van der Waals surface area contributed by atoms with Crippen LogP contribution in [0.5, 0.6) is 0 Å². The van der Waals surface area contributed by atoms with Crippen LogP contribution in [-0.2, 0) is 4.74 Å². The van der Waals surface area contributed by atoms with Crippen molar-refractivity contribution in [3.63, 3.8) is 0 Å². The molecule has 2 heterocycles. The van der Waals surface area contributed by atoms with Gasteiger partial charge in [0.15, 0.2) is 5.96 Å². The second kappa shape index (κ2) is 11.6. The molecule has 2 saturated heterocycles. The molecule has 0 saturated carbocycles. The molecular formula is C21H42IN5O2. The number of aliphatic imine (C=N–C) groups is 1. The quantitative estimate of drug-likeness (QED) is 0.329. The van der Waals surface area contributed by atoms with Gasteiger partial charge in [-0.05, 0) is 66.8 Å². The molecule has 0 aliphatic carbocycles. The number of guanidine groups is 1. The number of amides is 1. The number of nitrogens with zero attached hydrogens (tertiary/aromatic N) is 3. The van der Waals surface area contributed by atoms with Crippen molar-refractivity contribution in [2.75, 3.05) is 27.7 Å². The van der Waals surface area contributed by atoms with E-state index in [1.807, 2.05) is 34.7 Å². The molecule has 0 spiro atoms. The van der Waals surface area contributed by atoms with Gasteiger partial charge in [-0.3, -0.25) is 4.99 Å². The summed E-state index contributed by atoms with van der Waals surface area (Å²) in [5, 5.41) is 7.03. The maximum Gasteiger partial charge on any atom is 0.410 e. The maximum absolute atomic E-state index is 12.2. The fourth-order valence-corrected chi connectivity index (χ4v) is 4.23. The van der Waals surface area contributed by atoms with E-state index in [9.17, 15) is 4.79 Å². The largest absolute Gasteiger partial charge is 0.444 e. The highest BCUT2D eigenvalue weighted by Gasteiger charge is 2.36. The van der Waals surface area contributed by atoms with Crippen LogP contribution in [0.15, 0.2) is 4.99 Å². The minimum absolute atomic E-state index is 0. The summed E-state index contributed by atoms with van der Waals surface area (Å²) >= 11 is 0. The van der Waals surface area contributed by atoms with Crippen molar-refractivity contribution < 1.29 is 9.53 Å².